The SMILES string of the molecule is CCCC1(C(=O)NCCCCSC)CCCN1. The molecule has 1 fully saturated rings. The van der Waals surface area contributed by atoms with Gasteiger partial charge in [-0.05, 0) is 50.7 Å². The van der Waals surface area contributed by atoms with Crippen LogP contribution in [0.1, 0.15) is 45.4 Å². The molecule has 0 aromatic carbocycles. The molecule has 3 nitrogen and oxygen atoms in total. The van der Waals surface area contributed by atoms with Gasteiger partial charge >= 0.3 is 0 Å². The molecule has 1 atom stereocenters. The summed E-state index contributed by atoms with van der Waals surface area (Å²) in [6, 6.07) is 0. The highest BCUT2D eigenvalue weighted by Gasteiger charge is 2.39. The van der Waals surface area contributed by atoms with Crippen LogP contribution >= 0.6 is 11.8 Å². The molecule has 1 aliphatic rings. The molecule has 2 N–H and O–H groups in total. The molecule has 0 aromatic heterocycles. The van der Waals surface area contributed by atoms with Gasteiger partial charge in [0.1, 0.15) is 0 Å². The number of thioether (sulfide) groups is 1. The molecule has 1 amide bonds. The first-order chi connectivity index (χ1) is 8.25. The summed E-state index contributed by atoms with van der Waals surface area (Å²) in [6.07, 6.45) is 8.55. The number of hydrogen-bond donors (Lipinski definition) is 2. The van der Waals surface area contributed by atoms with Gasteiger partial charge in [0.05, 0.1) is 5.54 Å². The van der Waals surface area contributed by atoms with Crippen molar-refractivity contribution in [3.05, 3.63) is 0 Å². The second-order valence-corrected chi connectivity index (χ2v) is 5.80. The highest BCUT2D eigenvalue weighted by molar-refractivity contribution is 7.98. The van der Waals surface area contributed by atoms with E-state index in [1.807, 2.05) is 11.8 Å². The summed E-state index contributed by atoms with van der Waals surface area (Å²) in [7, 11) is 0. The summed E-state index contributed by atoms with van der Waals surface area (Å²) in [5, 5.41) is 6.51. The second kappa shape index (κ2) is 7.98. The van der Waals surface area contributed by atoms with Crippen LogP contribution in [0.4, 0.5) is 0 Å². The molecule has 0 bridgehead atoms. The Bertz CT molecular complexity index is 227. The van der Waals surface area contributed by atoms with E-state index in [-0.39, 0.29) is 11.4 Å². The molecule has 1 rings (SSSR count). The first-order valence-corrected chi connectivity index (χ1v) is 8.17. The molecular formula is C13H26N2OS. The van der Waals surface area contributed by atoms with Crippen LogP contribution in [0.3, 0.4) is 0 Å². The molecule has 17 heavy (non-hydrogen) atoms. The van der Waals surface area contributed by atoms with Crippen LogP contribution in [0.2, 0.25) is 0 Å². The van der Waals surface area contributed by atoms with Gasteiger partial charge in [0.25, 0.3) is 0 Å². The topological polar surface area (TPSA) is 41.1 Å². The maximum atomic E-state index is 12.2. The molecular weight excluding hydrogens is 232 g/mol. The molecule has 0 radical (unpaired) electrons. The van der Waals surface area contributed by atoms with E-state index >= 15 is 0 Å². The van der Waals surface area contributed by atoms with Gasteiger partial charge < -0.3 is 10.6 Å². The lowest BCUT2D eigenvalue weighted by Gasteiger charge is -2.27. The maximum Gasteiger partial charge on any atom is 0.240 e. The lowest BCUT2D eigenvalue weighted by molar-refractivity contribution is -0.127. The summed E-state index contributed by atoms with van der Waals surface area (Å²) < 4.78 is 0. The number of carbonyl (C=O) groups excluding carboxylic acids is 1. The normalized spacial score (nSPS) is 23.9. The fourth-order valence-corrected chi connectivity index (χ4v) is 2.99. The van der Waals surface area contributed by atoms with E-state index in [9.17, 15) is 4.79 Å². The first-order valence-electron chi connectivity index (χ1n) is 6.77. The number of amides is 1. The van der Waals surface area contributed by atoms with E-state index < -0.39 is 0 Å². The number of rotatable bonds is 8. The monoisotopic (exact) mass is 258 g/mol. The summed E-state index contributed by atoms with van der Waals surface area (Å²) in [4.78, 5) is 12.2. The molecule has 0 aromatic rings. The van der Waals surface area contributed by atoms with Crippen molar-refractivity contribution in [3.8, 4) is 0 Å². The van der Waals surface area contributed by atoms with Crippen molar-refractivity contribution in [2.75, 3.05) is 25.1 Å². The minimum atomic E-state index is -0.256. The van der Waals surface area contributed by atoms with Gasteiger partial charge in [0.15, 0.2) is 0 Å². The minimum Gasteiger partial charge on any atom is -0.354 e. The number of hydrogen-bond acceptors (Lipinski definition) is 3. The zero-order valence-electron chi connectivity index (χ0n) is 11.2. The Labute approximate surface area is 109 Å². The van der Waals surface area contributed by atoms with E-state index in [1.54, 1.807) is 0 Å². The lowest BCUT2D eigenvalue weighted by atomic mass is 9.91. The molecule has 0 saturated carbocycles. The van der Waals surface area contributed by atoms with Crippen molar-refractivity contribution in [2.45, 2.75) is 51.0 Å². The Morgan fingerprint density at radius 3 is 2.88 bits per heavy atom. The minimum absolute atomic E-state index is 0.223. The van der Waals surface area contributed by atoms with Crippen LogP contribution in [0.25, 0.3) is 0 Å². The van der Waals surface area contributed by atoms with Gasteiger partial charge in [0, 0.05) is 6.54 Å². The maximum absolute atomic E-state index is 12.2. The molecule has 1 saturated heterocycles. The van der Waals surface area contributed by atoms with Crippen molar-refractivity contribution in [1.29, 1.82) is 0 Å². The predicted octanol–water partition coefficient (Wildman–Crippen LogP) is 2.17. The number of nitrogens with one attached hydrogen (secondary N) is 2. The van der Waals surface area contributed by atoms with Gasteiger partial charge in [-0.1, -0.05) is 13.3 Å². The van der Waals surface area contributed by atoms with Crippen LogP contribution in [0.5, 0.6) is 0 Å². The number of carbonyl (C=O) groups is 1. The van der Waals surface area contributed by atoms with Crippen LogP contribution in [-0.2, 0) is 4.79 Å². The van der Waals surface area contributed by atoms with E-state index in [2.05, 4.69) is 23.8 Å². The first kappa shape index (κ1) is 14.8. The quantitative estimate of drug-likeness (QED) is 0.656. The van der Waals surface area contributed by atoms with E-state index in [0.29, 0.717) is 0 Å². The van der Waals surface area contributed by atoms with Crippen LogP contribution in [0, 0.1) is 0 Å². The zero-order chi connectivity index (χ0) is 12.6. The average Bonchev–Trinajstić information content (AvgIpc) is 2.79. The van der Waals surface area contributed by atoms with E-state index in [0.717, 1.165) is 45.2 Å². The highest BCUT2D eigenvalue weighted by Crippen LogP contribution is 2.24. The molecule has 0 aliphatic carbocycles. The molecule has 1 unspecified atom stereocenters. The van der Waals surface area contributed by atoms with Gasteiger partial charge in [-0.25, -0.2) is 0 Å². The third kappa shape index (κ3) is 4.51. The van der Waals surface area contributed by atoms with Crippen molar-refractivity contribution >= 4 is 17.7 Å². The Kier molecular flexibility index (Phi) is 6.97. The van der Waals surface area contributed by atoms with Gasteiger partial charge in [-0.15, -0.1) is 0 Å². The second-order valence-electron chi connectivity index (χ2n) is 4.82. The van der Waals surface area contributed by atoms with Crippen LogP contribution < -0.4 is 10.6 Å². The van der Waals surface area contributed by atoms with Crippen LogP contribution in [0.15, 0.2) is 0 Å². The smallest absolute Gasteiger partial charge is 0.240 e. The lowest BCUT2D eigenvalue weighted by Crippen LogP contribution is -2.53. The van der Waals surface area contributed by atoms with Gasteiger partial charge in [-0.2, -0.15) is 11.8 Å². The summed E-state index contributed by atoms with van der Waals surface area (Å²) in [5.41, 5.74) is -0.256. The summed E-state index contributed by atoms with van der Waals surface area (Å²) in [5.74, 6) is 1.41. The molecule has 1 heterocycles. The number of unbranched alkanes of at least 4 members (excludes halogenated alkanes) is 1. The van der Waals surface area contributed by atoms with Crippen molar-refractivity contribution in [3.63, 3.8) is 0 Å². The molecule has 0 spiro atoms. The van der Waals surface area contributed by atoms with E-state index in [1.165, 1.54) is 12.2 Å². The van der Waals surface area contributed by atoms with Gasteiger partial charge in [-0.3, -0.25) is 4.79 Å². The largest absolute Gasteiger partial charge is 0.354 e. The third-order valence-corrected chi connectivity index (χ3v) is 4.11. The molecule has 4 heteroatoms. The average molecular weight is 258 g/mol. The van der Waals surface area contributed by atoms with Crippen molar-refractivity contribution in [2.24, 2.45) is 0 Å². The van der Waals surface area contributed by atoms with Crippen molar-refractivity contribution < 1.29 is 4.79 Å². The Hall–Kier alpha value is -0.220. The molecule has 100 valence electrons. The summed E-state index contributed by atoms with van der Waals surface area (Å²) in [6.45, 7) is 3.96. The highest BCUT2D eigenvalue weighted by atomic mass is 32.2. The predicted molar refractivity (Wildman–Crippen MR) is 75.5 cm³/mol. The standard InChI is InChI=1S/C13H26N2OS/c1-3-7-13(8-6-10-15-13)12(16)14-9-4-5-11-17-2/h15H,3-11H2,1-2H3,(H,14,16). The fourth-order valence-electron chi connectivity index (χ4n) is 2.50. The molecule has 1 aliphatic heterocycles. The van der Waals surface area contributed by atoms with Gasteiger partial charge in [0.2, 0.25) is 5.91 Å². The van der Waals surface area contributed by atoms with Crippen LogP contribution in [-0.4, -0.2) is 36.5 Å². The Morgan fingerprint density at radius 1 is 1.47 bits per heavy atom. The Morgan fingerprint density at radius 2 is 2.29 bits per heavy atom. The zero-order valence-corrected chi connectivity index (χ0v) is 12.0. The third-order valence-electron chi connectivity index (χ3n) is 3.42. The Balaban J connectivity index is 2.28. The van der Waals surface area contributed by atoms with E-state index in [4.69, 9.17) is 0 Å². The summed E-state index contributed by atoms with van der Waals surface area (Å²) >= 11 is 1.87. The van der Waals surface area contributed by atoms with Crippen molar-refractivity contribution in [1.82, 2.24) is 10.6 Å². The fraction of sp³-hybridized carbons (Fsp3) is 0.923.